The number of nitrogens with zero attached hydrogens (tertiary/aromatic N) is 3. The van der Waals surface area contributed by atoms with Gasteiger partial charge in [0.15, 0.2) is 11.6 Å². The summed E-state index contributed by atoms with van der Waals surface area (Å²) >= 11 is 1.50. The molecule has 3 aromatic heterocycles. The number of hydrogen-bond donors (Lipinski definition) is 2. The van der Waals surface area contributed by atoms with Crippen LogP contribution >= 0.6 is 11.3 Å². The van der Waals surface area contributed by atoms with Crippen LogP contribution in [0.4, 0.5) is 11.6 Å². The van der Waals surface area contributed by atoms with E-state index in [0.717, 1.165) is 4.88 Å². The maximum Gasteiger partial charge on any atom is 0.262 e. The molecule has 21 heavy (non-hydrogen) atoms. The minimum absolute atomic E-state index is 0.117. The molecular formula is C13H11N5O2S. The van der Waals surface area contributed by atoms with Gasteiger partial charge >= 0.3 is 0 Å². The molecule has 3 N–H and O–H groups in total. The van der Waals surface area contributed by atoms with Gasteiger partial charge in [-0.25, -0.2) is 9.97 Å². The van der Waals surface area contributed by atoms with E-state index < -0.39 is 5.91 Å². The Morgan fingerprint density at radius 1 is 1.48 bits per heavy atom. The fourth-order valence-corrected chi connectivity index (χ4v) is 2.37. The summed E-state index contributed by atoms with van der Waals surface area (Å²) in [4.78, 5) is 21.3. The molecule has 0 bridgehead atoms. The number of rotatable bonds is 3. The van der Waals surface area contributed by atoms with Gasteiger partial charge in [0.05, 0.1) is 4.88 Å². The Bertz CT molecular complexity index is 782. The van der Waals surface area contributed by atoms with Gasteiger partial charge < -0.3 is 15.6 Å². The van der Waals surface area contributed by atoms with Crippen LogP contribution < -0.4 is 11.1 Å². The molecule has 0 unspecified atom stereocenters. The molecule has 8 heteroatoms. The number of aryl methyl sites for hydroxylation is 1. The van der Waals surface area contributed by atoms with Crippen molar-refractivity contribution in [2.75, 3.05) is 11.1 Å². The monoisotopic (exact) mass is 301 g/mol. The summed E-state index contributed by atoms with van der Waals surface area (Å²) in [5, 5.41) is 8.17. The largest absolute Gasteiger partial charge is 0.383 e. The quantitative estimate of drug-likeness (QED) is 0.769. The van der Waals surface area contributed by atoms with E-state index in [1.807, 2.05) is 17.5 Å². The number of aromatic nitrogens is 3. The third-order valence-corrected chi connectivity index (χ3v) is 3.54. The molecule has 0 aliphatic rings. The van der Waals surface area contributed by atoms with Crippen molar-refractivity contribution in [3.8, 4) is 10.7 Å². The standard InChI is InChI=1S/C13H11N5O2S/c1-7-5-10(18-20-7)16-13(19)8-6-15-12(17-11(8)14)9-3-2-4-21-9/h2-6H,1H3,(H2,14,15,17)(H,16,18,19). The molecule has 1 amide bonds. The molecule has 0 aromatic carbocycles. The van der Waals surface area contributed by atoms with Gasteiger partial charge in [-0.05, 0) is 18.4 Å². The van der Waals surface area contributed by atoms with Crippen molar-refractivity contribution in [1.29, 1.82) is 0 Å². The zero-order valence-corrected chi connectivity index (χ0v) is 11.8. The molecule has 0 aliphatic carbocycles. The molecule has 106 valence electrons. The Hall–Kier alpha value is -2.74. The smallest absolute Gasteiger partial charge is 0.262 e. The molecule has 0 spiro atoms. The van der Waals surface area contributed by atoms with Crippen LogP contribution in [0.2, 0.25) is 0 Å². The Labute approximate surface area is 123 Å². The van der Waals surface area contributed by atoms with Crippen LogP contribution in [0.25, 0.3) is 10.7 Å². The molecule has 3 rings (SSSR count). The minimum atomic E-state index is -0.432. The van der Waals surface area contributed by atoms with E-state index in [-0.39, 0.29) is 11.4 Å². The van der Waals surface area contributed by atoms with Gasteiger partial charge in [0.25, 0.3) is 5.91 Å². The van der Waals surface area contributed by atoms with Crippen molar-refractivity contribution in [1.82, 2.24) is 15.1 Å². The van der Waals surface area contributed by atoms with E-state index in [4.69, 9.17) is 10.3 Å². The maximum absolute atomic E-state index is 12.1. The van der Waals surface area contributed by atoms with Gasteiger partial charge in [-0.2, -0.15) is 0 Å². The summed E-state index contributed by atoms with van der Waals surface area (Å²) in [6.07, 6.45) is 1.40. The summed E-state index contributed by atoms with van der Waals surface area (Å²) in [5.41, 5.74) is 6.03. The number of amides is 1. The molecule has 0 radical (unpaired) electrons. The van der Waals surface area contributed by atoms with E-state index in [9.17, 15) is 4.79 Å². The van der Waals surface area contributed by atoms with E-state index in [2.05, 4.69) is 20.4 Å². The molecule has 0 fully saturated rings. The van der Waals surface area contributed by atoms with E-state index >= 15 is 0 Å². The lowest BCUT2D eigenvalue weighted by molar-refractivity contribution is 0.102. The predicted molar refractivity (Wildman–Crippen MR) is 79.0 cm³/mol. The highest BCUT2D eigenvalue weighted by Gasteiger charge is 2.15. The average Bonchev–Trinajstić information content (AvgIpc) is 3.10. The Morgan fingerprint density at radius 2 is 2.33 bits per heavy atom. The normalized spacial score (nSPS) is 10.5. The van der Waals surface area contributed by atoms with Crippen LogP contribution in [0.5, 0.6) is 0 Å². The fraction of sp³-hybridized carbons (Fsp3) is 0.0769. The minimum Gasteiger partial charge on any atom is -0.383 e. The zero-order chi connectivity index (χ0) is 14.8. The SMILES string of the molecule is Cc1cc(NC(=O)c2cnc(-c3cccs3)nc2N)no1. The number of anilines is 2. The summed E-state index contributed by atoms with van der Waals surface area (Å²) in [6, 6.07) is 5.39. The lowest BCUT2D eigenvalue weighted by atomic mass is 10.3. The highest BCUT2D eigenvalue weighted by atomic mass is 32.1. The van der Waals surface area contributed by atoms with Gasteiger partial charge in [-0.1, -0.05) is 11.2 Å². The third-order valence-electron chi connectivity index (χ3n) is 2.67. The molecule has 0 aliphatic heterocycles. The third kappa shape index (κ3) is 2.75. The van der Waals surface area contributed by atoms with E-state index in [1.165, 1.54) is 17.5 Å². The first-order valence-corrected chi connectivity index (χ1v) is 6.92. The van der Waals surface area contributed by atoms with Gasteiger partial charge in [-0.15, -0.1) is 11.3 Å². The highest BCUT2D eigenvalue weighted by Crippen LogP contribution is 2.22. The van der Waals surface area contributed by atoms with Crippen LogP contribution in [0, 0.1) is 6.92 Å². The number of hydrogen-bond acceptors (Lipinski definition) is 7. The Balaban J connectivity index is 1.84. The lowest BCUT2D eigenvalue weighted by Crippen LogP contribution is -2.15. The summed E-state index contributed by atoms with van der Waals surface area (Å²) in [6.45, 7) is 1.73. The molecule has 3 aromatic rings. The highest BCUT2D eigenvalue weighted by molar-refractivity contribution is 7.13. The first kappa shape index (κ1) is 13.3. The zero-order valence-electron chi connectivity index (χ0n) is 11.0. The van der Waals surface area contributed by atoms with Crippen molar-refractivity contribution in [2.45, 2.75) is 6.92 Å². The summed E-state index contributed by atoms with van der Waals surface area (Å²) in [5.74, 6) is 1.10. The number of nitrogens with two attached hydrogens (primary N) is 1. The first-order chi connectivity index (χ1) is 10.1. The number of nitrogens with one attached hydrogen (secondary N) is 1. The van der Waals surface area contributed by atoms with Crippen molar-refractivity contribution >= 4 is 28.9 Å². The van der Waals surface area contributed by atoms with E-state index in [0.29, 0.717) is 17.4 Å². The van der Waals surface area contributed by atoms with Gasteiger partial charge in [-0.3, -0.25) is 4.79 Å². The van der Waals surface area contributed by atoms with Crippen molar-refractivity contribution in [3.05, 3.63) is 41.1 Å². The van der Waals surface area contributed by atoms with Crippen LogP contribution in [0.3, 0.4) is 0 Å². The second-order valence-electron chi connectivity index (χ2n) is 4.25. The van der Waals surface area contributed by atoms with Crippen LogP contribution in [0.15, 0.2) is 34.3 Å². The predicted octanol–water partition coefficient (Wildman–Crippen LogP) is 2.34. The van der Waals surface area contributed by atoms with Crippen molar-refractivity contribution in [3.63, 3.8) is 0 Å². The van der Waals surface area contributed by atoms with Gasteiger partial charge in [0, 0.05) is 12.3 Å². The van der Waals surface area contributed by atoms with Crippen LogP contribution in [-0.2, 0) is 0 Å². The second kappa shape index (κ2) is 5.33. The Morgan fingerprint density at radius 3 is 2.95 bits per heavy atom. The molecule has 0 atom stereocenters. The molecule has 7 nitrogen and oxygen atoms in total. The molecule has 0 saturated carbocycles. The van der Waals surface area contributed by atoms with Crippen molar-refractivity contribution < 1.29 is 9.32 Å². The second-order valence-corrected chi connectivity index (χ2v) is 5.19. The van der Waals surface area contributed by atoms with E-state index in [1.54, 1.807) is 13.0 Å². The van der Waals surface area contributed by atoms with Crippen LogP contribution in [-0.4, -0.2) is 21.0 Å². The summed E-state index contributed by atoms with van der Waals surface area (Å²) in [7, 11) is 0. The number of thiophene rings is 1. The number of carbonyl (C=O) groups is 1. The number of carbonyl (C=O) groups excluding carboxylic acids is 1. The lowest BCUT2D eigenvalue weighted by Gasteiger charge is -2.05. The molecule has 0 saturated heterocycles. The van der Waals surface area contributed by atoms with Crippen LogP contribution in [0.1, 0.15) is 16.1 Å². The first-order valence-electron chi connectivity index (χ1n) is 6.04. The average molecular weight is 301 g/mol. The molecular weight excluding hydrogens is 290 g/mol. The fourth-order valence-electron chi connectivity index (χ4n) is 1.70. The molecule has 3 heterocycles. The van der Waals surface area contributed by atoms with Gasteiger partial charge in [0.1, 0.15) is 17.1 Å². The number of nitrogen functional groups attached to an aromatic ring is 1. The van der Waals surface area contributed by atoms with Crippen molar-refractivity contribution in [2.24, 2.45) is 0 Å². The van der Waals surface area contributed by atoms with Gasteiger partial charge in [0.2, 0.25) is 0 Å². The summed E-state index contributed by atoms with van der Waals surface area (Å²) < 4.78 is 4.87. The Kier molecular flexibility index (Phi) is 3.36. The topological polar surface area (TPSA) is 107 Å². The maximum atomic E-state index is 12.1.